The lowest BCUT2D eigenvalue weighted by atomic mass is 10.0. The Balaban J connectivity index is 2.44. The van der Waals surface area contributed by atoms with Gasteiger partial charge < -0.3 is 9.84 Å². The van der Waals surface area contributed by atoms with Crippen LogP contribution in [-0.4, -0.2) is 24.8 Å². The normalized spacial score (nSPS) is 12.1. The molecule has 1 aromatic rings. The molecule has 0 aromatic heterocycles. The number of rotatable bonds is 5. The molecule has 0 aliphatic carbocycles. The van der Waals surface area contributed by atoms with Crippen molar-refractivity contribution in [1.29, 1.82) is 0 Å². The number of esters is 1. The van der Waals surface area contributed by atoms with Gasteiger partial charge in [0, 0.05) is 0 Å². The molecule has 1 atom stereocenters. The number of aryl methyl sites for hydroxylation is 1. The van der Waals surface area contributed by atoms with Crippen LogP contribution in [0.3, 0.4) is 0 Å². The first kappa shape index (κ1) is 11.7. The van der Waals surface area contributed by atoms with Gasteiger partial charge in [0.2, 0.25) is 0 Å². The zero-order valence-electron chi connectivity index (χ0n) is 8.85. The fourth-order valence-corrected chi connectivity index (χ4v) is 1.44. The topological polar surface area (TPSA) is 46.5 Å². The molecular formula is C12H16O3. The monoisotopic (exact) mass is 208 g/mol. The smallest absolute Gasteiger partial charge is 0.311 e. The highest BCUT2D eigenvalue weighted by atomic mass is 16.5. The molecule has 0 fully saturated rings. The number of carbonyl (C=O) groups excluding carboxylic acids is 1. The minimum Gasteiger partial charge on any atom is -0.469 e. The lowest BCUT2D eigenvalue weighted by molar-refractivity contribution is -0.147. The molecule has 0 aliphatic rings. The maximum atomic E-state index is 11.2. The maximum Gasteiger partial charge on any atom is 0.311 e. The molecule has 1 aromatic carbocycles. The summed E-state index contributed by atoms with van der Waals surface area (Å²) in [7, 11) is 1.34. The van der Waals surface area contributed by atoms with E-state index in [1.807, 2.05) is 30.3 Å². The SMILES string of the molecule is COC(=O)C(CO)CCc1ccccc1. The van der Waals surface area contributed by atoms with E-state index in [2.05, 4.69) is 4.74 Å². The first-order valence-electron chi connectivity index (χ1n) is 5.00. The van der Waals surface area contributed by atoms with Gasteiger partial charge in [-0.05, 0) is 18.4 Å². The maximum absolute atomic E-state index is 11.2. The van der Waals surface area contributed by atoms with Gasteiger partial charge in [-0.15, -0.1) is 0 Å². The highest BCUT2D eigenvalue weighted by Gasteiger charge is 2.17. The van der Waals surface area contributed by atoms with E-state index in [9.17, 15) is 4.79 Å². The molecule has 1 rings (SSSR count). The van der Waals surface area contributed by atoms with Gasteiger partial charge in [-0.1, -0.05) is 30.3 Å². The fourth-order valence-electron chi connectivity index (χ4n) is 1.44. The number of benzene rings is 1. The van der Waals surface area contributed by atoms with Crippen molar-refractivity contribution in [2.24, 2.45) is 5.92 Å². The molecule has 0 radical (unpaired) electrons. The van der Waals surface area contributed by atoms with Crippen LogP contribution in [0.2, 0.25) is 0 Å². The average molecular weight is 208 g/mol. The van der Waals surface area contributed by atoms with E-state index in [0.717, 1.165) is 6.42 Å². The highest BCUT2D eigenvalue weighted by molar-refractivity contribution is 5.72. The molecule has 15 heavy (non-hydrogen) atoms. The van der Waals surface area contributed by atoms with E-state index >= 15 is 0 Å². The van der Waals surface area contributed by atoms with Crippen LogP contribution in [0, 0.1) is 5.92 Å². The van der Waals surface area contributed by atoms with Crippen molar-refractivity contribution in [2.75, 3.05) is 13.7 Å². The van der Waals surface area contributed by atoms with Crippen LogP contribution in [-0.2, 0) is 16.0 Å². The predicted octanol–water partition coefficient (Wildman–Crippen LogP) is 1.40. The first-order valence-corrected chi connectivity index (χ1v) is 5.00. The van der Waals surface area contributed by atoms with Crippen molar-refractivity contribution in [2.45, 2.75) is 12.8 Å². The molecule has 0 spiro atoms. The molecule has 1 unspecified atom stereocenters. The van der Waals surface area contributed by atoms with Gasteiger partial charge >= 0.3 is 5.97 Å². The summed E-state index contributed by atoms with van der Waals surface area (Å²) in [5.41, 5.74) is 1.17. The van der Waals surface area contributed by atoms with Crippen LogP contribution in [0.4, 0.5) is 0 Å². The number of ether oxygens (including phenoxy) is 1. The highest BCUT2D eigenvalue weighted by Crippen LogP contribution is 2.10. The van der Waals surface area contributed by atoms with Crippen molar-refractivity contribution >= 4 is 5.97 Å². The van der Waals surface area contributed by atoms with Crippen molar-refractivity contribution < 1.29 is 14.6 Å². The second-order valence-electron chi connectivity index (χ2n) is 3.43. The largest absolute Gasteiger partial charge is 0.469 e. The number of hydrogen-bond donors (Lipinski definition) is 1. The van der Waals surface area contributed by atoms with E-state index in [4.69, 9.17) is 5.11 Å². The molecule has 82 valence electrons. The van der Waals surface area contributed by atoms with Gasteiger partial charge in [0.1, 0.15) is 0 Å². The summed E-state index contributed by atoms with van der Waals surface area (Å²) in [6, 6.07) is 9.88. The Morgan fingerprint density at radius 2 is 2.07 bits per heavy atom. The Morgan fingerprint density at radius 1 is 1.40 bits per heavy atom. The van der Waals surface area contributed by atoms with Gasteiger partial charge in [-0.25, -0.2) is 0 Å². The van der Waals surface area contributed by atoms with Crippen molar-refractivity contribution in [3.05, 3.63) is 35.9 Å². The van der Waals surface area contributed by atoms with Crippen LogP contribution < -0.4 is 0 Å². The molecule has 0 heterocycles. The number of aliphatic hydroxyl groups is 1. The van der Waals surface area contributed by atoms with Gasteiger partial charge in [-0.3, -0.25) is 4.79 Å². The van der Waals surface area contributed by atoms with Crippen LogP contribution in [0.25, 0.3) is 0 Å². The number of hydrogen-bond acceptors (Lipinski definition) is 3. The molecule has 0 bridgehead atoms. The minimum absolute atomic E-state index is 0.153. The Bertz CT molecular complexity index is 295. The molecule has 3 heteroatoms. The molecule has 1 N–H and O–H groups in total. The third kappa shape index (κ3) is 3.72. The first-order chi connectivity index (χ1) is 7.27. The molecule has 0 amide bonds. The van der Waals surface area contributed by atoms with E-state index in [1.165, 1.54) is 12.7 Å². The third-order valence-electron chi connectivity index (χ3n) is 2.38. The molecule has 3 nitrogen and oxygen atoms in total. The Morgan fingerprint density at radius 3 is 2.60 bits per heavy atom. The summed E-state index contributed by atoms with van der Waals surface area (Å²) in [6.07, 6.45) is 1.40. The van der Waals surface area contributed by atoms with E-state index in [1.54, 1.807) is 0 Å². The summed E-state index contributed by atoms with van der Waals surface area (Å²) in [5.74, 6) is -0.747. The number of carbonyl (C=O) groups is 1. The molecule has 0 saturated carbocycles. The minimum atomic E-state index is -0.407. The number of methoxy groups -OCH3 is 1. The predicted molar refractivity (Wildman–Crippen MR) is 57.4 cm³/mol. The standard InChI is InChI=1S/C12H16O3/c1-15-12(14)11(9-13)8-7-10-5-3-2-4-6-10/h2-6,11,13H,7-9H2,1H3. The van der Waals surface area contributed by atoms with Crippen LogP contribution in [0.1, 0.15) is 12.0 Å². The van der Waals surface area contributed by atoms with Gasteiger partial charge in [-0.2, -0.15) is 0 Å². The molecule has 0 aliphatic heterocycles. The van der Waals surface area contributed by atoms with E-state index in [-0.39, 0.29) is 12.6 Å². The van der Waals surface area contributed by atoms with Crippen molar-refractivity contribution in [1.82, 2.24) is 0 Å². The Labute approximate surface area is 89.7 Å². The van der Waals surface area contributed by atoms with Crippen molar-refractivity contribution in [3.8, 4) is 0 Å². The van der Waals surface area contributed by atoms with Crippen LogP contribution in [0.15, 0.2) is 30.3 Å². The lowest BCUT2D eigenvalue weighted by Crippen LogP contribution is -2.20. The van der Waals surface area contributed by atoms with Crippen LogP contribution >= 0.6 is 0 Å². The lowest BCUT2D eigenvalue weighted by Gasteiger charge is -2.11. The second-order valence-corrected chi connectivity index (χ2v) is 3.43. The summed E-state index contributed by atoms with van der Waals surface area (Å²) >= 11 is 0. The summed E-state index contributed by atoms with van der Waals surface area (Å²) in [6.45, 7) is -0.153. The quantitative estimate of drug-likeness (QED) is 0.744. The van der Waals surface area contributed by atoms with Gasteiger partial charge in [0.05, 0.1) is 19.6 Å². The zero-order chi connectivity index (χ0) is 11.1. The van der Waals surface area contributed by atoms with Crippen molar-refractivity contribution in [3.63, 3.8) is 0 Å². The summed E-state index contributed by atoms with van der Waals surface area (Å²) in [5, 5.41) is 9.00. The summed E-state index contributed by atoms with van der Waals surface area (Å²) < 4.78 is 4.59. The van der Waals surface area contributed by atoms with E-state index < -0.39 is 5.92 Å². The second kappa shape index (κ2) is 6.19. The Hall–Kier alpha value is -1.35. The zero-order valence-corrected chi connectivity index (χ0v) is 8.85. The third-order valence-corrected chi connectivity index (χ3v) is 2.38. The molecular weight excluding hydrogens is 192 g/mol. The molecule has 0 saturated heterocycles. The average Bonchev–Trinajstić information content (AvgIpc) is 2.31. The summed E-state index contributed by atoms with van der Waals surface area (Å²) in [4.78, 5) is 11.2. The van der Waals surface area contributed by atoms with Crippen LogP contribution in [0.5, 0.6) is 0 Å². The number of aliphatic hydroxyl groups excluding tert-OH is 1. The van der Waals surface area contributed by atoms with Gasteiger partial charge in [0.25, 0.3) is 0 Å². The Kier molecular flexibility index (Phi) is 4.84. The fraction of sp³-hybridized carbons (Fsp3) is 0.417. The van der Waals surface area contributed by atoms with Gasteiger partial charge in [0.15, 0.2) is 0 Å². The van der Waals surface area contributed by atoms with E-state index in [0.29, 0.717) is 6.42 Å².